The van der Waals surface area contributed by atoms with E-state index in [-0.39, 0.29) is 31.1 Å². The Morgan fingerprint density at radius 1 is 0.280 bits per heavy atom. The average molecular weight is 1040 g/mol. The third-order valence-corrected chi connectivity index (χ3v) is 13.3. The summed E-state index contributed by atoms with van der Waals surface area (Å²) in [5.74, 6) is -0.896. The molecule has 0 aromatic heterocycles. The Labute approximate surface area is 463 Å². The summed E-state index contributed by atoms with van der Waals surface area (Å²) in [7, 11) is 0. The summed E-state index contributed by atoms with van der Waals surface area (Å²) in [6.45, 7) is 6.47. The molecule has 0 aromatic rings. The van der Waals surface area contributed by atoms with E-state index in [2.05, 4.69) is 130 Å². The summed E-state index contributed by atoms with van der Waals surface area (Å²) in [5, 5.41) is 0. The maximum atomic E-state index is 12.8. The van der Waals surface area contributed by atoms with Crippen LogP contribution in [0.5, 0.6) is 0 Å². The fraction of sp³-hybridized carbons (Fsp3) is 0.696. The number of unbranched alkanes of at least 4 members (excludes halogenated alkanes) is 27. The van der Waals surface area contributed by atoms with E-state index in [1.165, 1.54) is 122 Å². The molecule has 0 amide bonds. The second kappa shape index (κ2) is 62.6. The fourth-order valence-corrected chi connectivity index (χ4v) is 8.56. The summed E-state index contributed by atoms with van der Waals surface area (Å²) >= 11 is 0. The zero-order valence-electron chi connectivity index (χ0n) is 49.0. The van der Waals surface area contributed by atoms with Gasteiger partial charge in [-0.3, -0.25) is 14.4 Å². The SMILES string of the molecule is CC/C=C\C/C=C\C/C=C\C/C=C\C/C=C\C/C=C\C/C=C\CCCCCCCCCCCCCC(=O)OCC(COC(=O)CCCCCCCCCCCC)OC(=O)CCCCCCC/C=C\C/C=C\CCCC. The van der Waals surface area contributed by atoms with E-state index in [9.17, 15) is 14.4 Å². The first-order valence-corrected chi connectivity index (χ1v) is 31.4. The number of ether oxygens (including phenoxy) is 3. The van der Waals surface area contributed by atoms with Gasteiger partial charge in [0.15, 0.2) is 6.10 Å². The highest BCUT2D eigenvalue weighted by atomic mass is 16.6. The molecule has 0 aromatic carbocycles. The predicted octanol–water partition coefficient (Wildman–Crippen LogP) is 21.4. The number of carbonyl (C=O) groups excluding carboxylic acids is 3. The molecule has 0 bridgehead atoms. The zero-order valence-corrected chi connectivity index (χ0v) is 49.0. The maximum Gasteiger partial charge on any atom is 0.306 e. The Balaban J connectivity index is 4.16. The highest BCUT2D eigenvalue weighted by Gasteiger charge is 2.19. The Hall–Kier alpha value is -3.93. The van der Waals surface area contributed by atoms with E-state index in [4.69, 9.17) is 14.2 Å². The van der Waals surface area contributed by atoms with Gasteiger partial charge in [-0.15, -0.1) is 0 Å². The van der Waals surface area contributed by atoms with Crippen LogP contribution in [0, 0.1) is 0 Å². The molecule has 0 radical (unpaired) electrons. The molecule has 0 aliphatic carbocycles. The molecule has 0 fully saturated rings. The quantitative estimate of drug-likeness (QED) is 0.0261. The van der Waals surface area contributed by atoms with E-state index < -0.39 is 6.10 Å². The normalized spacial score (nSPS) is 12.8. The topological polar surface area (TPSA) is 78.9 Å². The van der Waals surface area contributed by atoms with Gasteiger partial charge in [0.2, 0.25) is 0 Å². The van der Waals surface area contributed by atoms with Gasteiger partial charge >= 0.3 is 17.9 Å². The first-order valence-electron chi connectivity index (χ1n) is 31.4. The predicted molar refractivity (Wildman–Crippen MR) is 325 cm³/mol. The van der Waals surface area contributed by atoms with Gasteiger partial charge in [0.05, 0.1) is 0 Å². The smallest absolute Gasteiger partial charge is 0.306 e. The molecule has 1 atom stereocenters. The van der Waals surface area contributed by atoms with Crippen LogP contribution in [0.3, 0.4) is 0 Å². The lowest BCUT2D eigenvalue weighted by molar-refractivity contribution is -0.167. The van der Waals surface area contributed by atoms with Crippen molar-refractivity contribution in [1.82, 2.24) is 0 Å². The van der Waals surface area contributed by atoms with E-state index in [1.54, 1.807) is 0 Å². The summed E-state index contributed by atoms with van der Waals surface area (Å²) in [5.41, 5.74) is 0. The lowest BCUT2D eigenvalue weighted by Crippen LogP contribution is -2.30. The van der Waals surface area contributed by atoms with Gasteiger partial charge in [-0.1, -0.05) is 278 Å². The number of hydrogen-bond donors (Lipinski definition) is 0. The molecule has 0 saturated heterocycles. The van der Waals surface area contributed by atoms with Crippen molar-refractivity contribution >= 4 is 17.9 Å². The molecule has 428 valence electrons. The number of rotatable bonds is 56. The Bertz CT molecular complexity index is 1520. The Morgan fingerprint density at radius 3 is 0.853 bits per heavy atom. The van der Waals surface area contributed by atoms with Gasteiger partial charge in [0.25, 0.3) is 0 Å². The average Bonchev–Trinajstić information content (AvgIpc) is 3.41. The molecule has 0 heterocycles. The minimum atomic E-state index is -0.784. The molecule has 6 nitrogen and oxygen atoms in total. The Morgan fingerprint density at radius 2 is 0.533 bits per heavy atom. The van der Waals surface area contributed by atoms with E-state index in [1.807, 2.05) is 0 Å². The molecule has 6 heteroatoms. The third-order valence-electron chi connectivity index (χ3n) is 13.3. The van der Waals surface area contributed by atoms with Gasteiger partial charge in [-0.05, 0) is 103 Å². The fourth-order valence-electron chi connectivity index (χ4n) is 8.56. The second-order valence-corrected chi connectivity index (χ2v) is 20.6. The molecule has 0 spiro atoms. The molecule has 75 heavy (non-hydrogen) atoms. The molecule has 0 N–H and O–H groups in total. The van der Waals surface area contributed by atoms with Crippen LogP contribution in [0.1, 0.15) is 290 Å². The van der Waals surface area contributed by atoms with Crippen molar-refractivity contribution in [3.05, 3.63) is 109 Å². The number of hydrogen-bond acceptors (Lipinski definition) is 6. The van der Waals surface area contributed by atoms with E-state index >= 15 is 0 Å². The van der Waals surface area contributed by atoms with E-state index in [0.717, 1.165) is 128 Å². The Kier molecular flexibility index (Phi) is 59.3. The highest BCUT2D eigenvalue weighted by Crippen LogP contribution is 2.16. The molecule has 0 aliphatic rings. The van der Waals surface area contributed by atoms with Crippen LogP contribution in [-0.4, -0.2) is 37.2 Å². The summed E-state index contributed by atoms with van der Waals surface area (Å²) < 4.78 is 16.8. The summed E-state index contributed by atoms with van der Waals surface area (Å²) in [6, 6.07) is 0. The summed E-state index contributed by atoms with van der Waals surface area (Å²) in [6.07, 6.45) is 85.3. The van der Waals surface area contributed by atoms with Gasteiger partial charge < -0.3 is 14.2 Å². The minimum Gasteiger partial charge on any atom is -0.462 e. The van der Waals surface area contributed by atoms with E-state index in [0.29, 0.717) is 19.3 Å². The third kappa shape index (κ3) is 60.8. The van der Waals surface area contributed by atoms with Crippen molar-refractivity contribution in [2.24, 2.45) is 0 Å². The largest absolute Gasteiger partial charge is 0.462 e. The number of esters is 3. The first-order chi connectivity index (χ1) is 37.0. The van der Waals surface area contributed by atoms with Crippen molar-refractivity contribution in [3.63, 3.8) is 0 Å². The van der Waals surface area contributed by atoms with Gasteiger partial charge in [0.1, 0.15) is 13.2 Å². The van der Waals surface area contributed by atoms with Crippen LogP contribution in [0.25, 0.3) is 0 Å². The van der Waals surface area contributed by atoms with Gasteiger partial charge in [-0.2, -0.15) is 0 Å². The van der Waals surface area contributed by atoms with Crippen LogP contribution in [0.4, 0.5) is 0 Å². The zero-order chi connectivity index (χ0) is 54.3. The maximum absolute atomic E-state index is 12.8. The van der Waals surface area contributed by atoms with Crippen molar-refractivity contribution in [2.75, 3.05) is 13.2 Å². The molecule has 1 unspecified atom stereocenters. The van der Waals surface area contributed by atoms with Crippen molar-refractivity contribution in [2.45, 2.75) is 297 Å². The van der Waals surface area contributed by atoms with Gasteiger partial charge in [-0.25, -0.2) is 0 Å². The van der Waals surface area contributed by atoms with Gasteiger partial charge in [0, 0.05) is 19.3 Å². The minimum absolute atomic E-state index is 0.0820. The molecule has 0 saturated carbocycles. The van der Waals surface area contributed by atoms with Crippen LogP contribution >= 0.6 is 0 Å². The summed E-state index contributed by atoms with van der Waals surface area (Å²) in [4.78, 5) is 38.1. The standard InChI is InChI=1S/C69H116O6/c1-4-7-10-13-16-19-22-24-26-27-28-29-30-31-32-33-34-35-36-37-38-39-40-41-42-43-44-46-47-50-53-56-59-62-68(71)74-65-66(64-73-67(70)61-58-55-52-49-21-18-15-12-9-6-3)75-69(72)63-60-57-54-51-48-45-25-23-20-17-14-11-8-5-2/h7,10,14,16-17,19,23-26,28-29,31-32,34-35,37-38,66H,4-6,8-9,11-13,15,18,20-22,27,30,33,36,39-65H2,1-3H3/b10-7-,17-14-,19-16-,25-23-,26-24-,29-28-,32-31-,35-34-,38-37-. The van der Waals surface area contributed by atoms with Crippen molar-refractivity contribution in [3.8, 4) is 0 Å². The van der Waals surface area contributed by atoms with Crippen LogP contribution < -0.4 is 0 Å². The molecular weight excluding hydrogens is 925 g/mol. The number of carbonyl (C=O) groups is 3. The second-order valence-electron chi connectivity index (χ2n) is 20.6. The molecular formula is C69H116O6. The molecule has 0 rings (SSSR count). The highest BCUT2D eigenvalue weighted by molar-refractivity contribution is 5.71. The van der Waals surface area contributed by atoms with Crippen LogP contribution in [0.2, 0.25) is 0 Å². The lowest BCUT2D eigenvalue weighted by Gasteiger charge is -2.18. The van der Waals surface area contributed by atoms with Crippen molar-refractivity contribution < 1.29 is 28.6 Å². The monoisotopic (exact) mass is 1040 g/mol. The van der Waals surface area contributed by atoms with Crippen LogP contribution in [-0.2, 0) is 28.6 Å². The van der Waals surface area contributed by atoms with Crippen molar-refractivity contribution in [1.29, 1.82) is 0 Å². The molecule has 0 aliphatic heterocycles. The lowest BCUT2D eigenvalue weighted by atomic mass is 10.0. The number of allylic oxidation sites excluding steroid dienone is 18. The first kappa shape index (κ1) is 71.1. The van der Waals surface area contributed by atoms with Crippen LogP contribution in [0.15, 0.2) is 109 Å².